The maximum Gasteiger partial charge on any atom is 0.337 e. The second-order valence-corrected chi connectivity index (χ2v) is 6.11. The lowest BCUT2D eigenvalue weighted by Gasteiger charge is -2.10. The standard InChI is InChI=1S/C13H15N3O4S/c1-9-3-4-10(13(17)20-2)5-12(9)21(18,19)16-7-11-6-14-8-15-11/h3-6,8,16H,7H2,1-2H3,(H,14,15). The van der Waals surface area contributed by atoms with E-state index < -0.39 is 16.0 Å². The van der Waals surface area contributed by atoms with Gasteiger partial charge in [-0.05, 0) is 24.6 Å². The van der Waals surface area contributed by atoms with Crippen LogP contribution in [0.2, 0.25) is 0 Å². The van der Waals surface area contributed by atoms with Crippen LogP contribution in [0.15, 0.2) is 35.6 Å². The number of nitrogens with zero attached hydrogens (tertiary/aromatic N) is 1. The van der Waals surface area contributed by atoms with Crippen LogP contribution in [-0.2, 0) is 21.3 Å². The molecule has 0 aliphatic carbocycles. The number of H-pyrrole nitrogens is 1. The molecule has 0 unspecified atom stereocenters. The lowest BCUT2D eigenvalue weighted by Crippen LogP contribution is -2.24. The van der Waals surface area contributed by atoms with E-state index in [2.05, 4.69) is 19.4 Å². The van der Waals surface area contributed by atoms with Crippen LogP contribution in [-0.4, -0.2) is 31.5 Å². The molecule has 1 heterocycles. The maximum absolute atomic E-state index is 12.3. The molecule has 2 aromatic rings. The fraction of sp³-hybridized carbons (Fsp3) is 0.231. The van der Waals surface area contributed by atoms with Crippen LogP contribution in [0, 0.1) is 6.92 Å². The van der Waals surface area contributed by atoms with Gasteiger partial charge in [-0.1, -0.05) is 6.07 Å². The van der Waals surface area contributed by atoms with Crippen LogP contribution in [0.1, 0.15) is 21.6 Å². The van der Waals surface area contributed by atoms with Gasteiger partial charge in [0.1, 0.15) is 0 Å². The smallest absolute Gasteiger partial charge is 0.337 e. The molecule has 112 valence electrons. The minimum atomic E-state index is -3.74. The highest BCUT2D eigenvalue weighted by molar-refractivity contribution is 7.89. The number of aryl methyl sites for hydroxylation is 1. The monoisotopic (exact) mass is 309 g/mol. The van der Waals surface area contributed by atoms with Crippen molar-refractivity contribution in [2.45, 2.75) is 18.4 Å². The Bertz CT molecular complexity index is 739. The average Bonchev–Trinajstić information content (AvgIpc) is 2.98. The zero-order chi connectivity index (χ0) is 15.5. The van der Waals surface area contributed by atoms with Crippen LogP contribution in [0.5, 0.6) is 0 Å². The number of hydrogen-bond donors (Lipinski definition) is 2. The van der Waals surface area contributed by atoms with E-state index in [1.54, 1.807) is 13.0 Å². The molecule has 0 aliphatic rings. The van der Waals surface area contributed by atoms with Crippen molar-refractivity contribution < 1.29 is 17.9 Å². The number of methoxy groups -OCH3 is 1. The number of benzene rings is 1. The Labute approximate surface area is 122 Å². The molecule has 21 heavy (non-hydrogen) atoms. The predicted octanol–water partition coefficient (Wildman–Crippen LogP) is 0.983. The van der Waals surface area contributed by atoms with E-state index in [9.17, 15) is 13.2 Å². The molecule has 1 aromatic carbocycles. The Morgan fingerprint density at radius 3 is 2.81 bits per heavy atom. The molecule has 0 atom stereocenters. The molecule has 7 nitrogen and oxygen atoms in total. The number of carbonyl (C=O) groups excluding carboxylic acids is 1. The minimum Gasteiger partial charge on any atom is -0.465 e. The molecular weight excluding hydrogens is 294 g/mol. The Kier molecular flexibility index (Phi) is 4.39. The van der Waals surface area contributed by atoms with Gasteiger partial charge >= 0.3 is 5.97 Å². The van der Waals surface area contributed by atoms with Crippen molar-refractivity contribution in [3.05, 3.63) is 47.5 Å². The largest absolute Gasteiger partial charge is 0.465 e. The van der Waals surface area contributed by atoms with Gasteiger partial charge in [0.05, 0.1) is 30.4 Å². The Hall–Kier alpha value is -2.19. The maximum atomic E-state index is 12.3. The van der Waals surface area contributed by atoms with Gasteiger partial charge in [-0.25, -0.2) is 22.9 Å². The average molecular weight is 309 g/mol. The lowest BCUT2D eigenvalue weighted by atomic mass is 10.1. The number of hydrogen-bond acceptors (Lipinski definition) is 5. The third kappa shape index (κ3) is 3.47. The number of imidazole rings is 1. The van der Waals surface area contributed by atoms with E-state index >= 15 is 0 Å². The summed E-state index contributed by atoms with van der Waals surface area (Å²) in [6, 6.07) is 4.39. The number of aromatic amines is 1. The first-order valence-corrected chi connectivity index (χ1v) is 7.58. The summed E-state index contributed by atoms with van der Waals surface area (Å²) in [7, 11) is -2.49. The van der Waals surface area contributed by atoms with E-state index in [-0.39, 0.29) is 17.0 Å². The summed E-state index contributed by atoms with van der Waals surface area (Å²) in [5.74, 6) is -0.583. The van der Waals surface area contributed by atoms with E-state index in [0.717, 1.165) is 0 Å². The fourth-order valence-corrected chi connectivity index (χ4v) is 3.04. The van der Waals surface area contributed by atoms with Gasteiger partial charge in [-0.15, -0.1) is 0 Å². The van der Waals surface area contributed by atoms with Crippen molar-refractivity contribution in [2.24, 2.45) is 0 Å². The Morgan fingerprint density at radius 1 is 1.43 bits per heavy atom. The molecule has 2 rings (SSSR count). The van der Waals surface area contributed by atoms with E-state index in [1.807, 2.05) is 0 Å². The molecule has 0 spiro atoms. The van der Waals surface area contributed by atoms with Crippen LogP contribution >= 0.6 is 0 Å². The first-order valence-electron chi connectivity index (χ1n) is 6.10. The number of carbonyl (C=O) groups is 1. The first-order chi connectivity index (χ1) is 9.94. The third-order valence-electron chi connectivity index (χ3n) is 2.91. The SMILES string of the molecule is COC(=O)c1ccc(C)c(S(=O)(=O)NCc2cnc[nH]2)c1. The highest BCUT2D eigenvalue weighted by Crippen LogP contribution is 2.18. The van der Waals surface area contributed by atoms with Gasteiger partial charge in [0.15, 0.2) is 0 Å². The summed E-state index contributed by atoms with van der Waals surface area (Å²) in [6.45, 7) is 1.75. The lowest BCUT2D eigenvalue weighted by molar-refractivity contribution is 0.0600. The van der Waals surface area contributed by atoms with Crippen molar-refractivity contribution in [3.8, 4) is 0 Å². The Morgan fingerprint density at radius 2 is 2.19 bits per heavy atom. The second-order valence-electron chi connectivity index (χ2n) is 4.37. The molecular formula is C13H15N3O4S. The van der Waals surface area contributed by atoms with Gasteiger partial charge in [0.2, 0.25) is 10.0 Å². The Balaban J connectivity index is 2.28. The van der Waals surface area contributed by atoms with Crippen molar-refractivity contribution in [1.82, 2.24) is 14.7 Å². The molecule has 0 amide bonds. The van der Waals surface area contributed by atoms with Gasteiger partial charge in [-0.2, -0.15) is 0 Å². The molecule has 0 saturated carbocycles. The zero-order valence-electron chi connectivity index (χ0n) is 11.6. The van der Waals surface area contributed by atoms with Gasteiger partial charge in [-0.3, -0.25) is 0 Å². The van der Waals surface area contributed by atoms with Crippen molar-refractivity contribution in [3.63, 3.8) is 0 Å². The van der Waals surface area contributed by atoms with Crippen molar-refractivity contribution >= 4 is 16.0 Å². The summed E-state index contributed by atoms with van der Waals surface area (Å²) >= 11 is 0. The summed E-state index contributed by atoms with van der Waals surface area (Å²) in [5.41, 5.74) is 1.37. The van der Waals surface area contributed by atoms with E-state index in [1.165, 1.54) is 31.8 Å². The first kappa shape index (κ1) is 15.2. The molecule has 1 aromatic heterocycles. The predicted molar refractivity (Wildman–Crippen MR) is 75.1 cm³/mol. The van der Waals surface area contributed by atoms with Gasteiger partial charge < -0.3 is 9.72 Å². The number of rotatable bonds is 5. The van der Waals surface area contributed by atoms with Crippen molar-refractivity contribution in [2.75, 3.05) is 7.11 Å². The number of ether oxygens (including phenoxy) is 1. The van der Waals surface area contributed by atoms with E-state index in [0.29, 0.717) is 11.3 Å². The summed E-state index contributed by atoms with van der Waals surface area (Å²) in [6.07, 6.45) is 2.99. The topological polar surface area (TPSA) is 101 Å². The number of sulfonamides is 1. The highest BCUT2D eigenvalue weighted by Gasteiger charge is 2.19. The normalized spacial score (nSPS) is 11.3. The van der Waals surface area contributed by atoms with Crippen LogP contribution < -0.4 is 4.72 Å². The quantitative estimate of drug-likeness (QED) is 0.802. The molecule has 0 fully saturated rings. The van der Waals surface area contributed by atoms with Crippen LogP contribution in [0.3, 0.4) is 0 Å². The number of esters is 1. The van der Waals surface area contributed by atoms with E-state index in [4.69, 9.17) is 0 Å². The van der Waals surface area contributed by atoms with Crippen LogP contribution in [0.25, 0.3) is 0 Å². The summed E-state index contributed by atoms with van der Waals surface area (Å²) < 4.78 is 31.7. The molecule has 2 N–H and O–H groups in total. The van der Waals surface area contributed by atoms with Gasteiger partial charge in [0.25, 0.3) is 0 Å². The number of aromatic nitrogens is 2. The summed E-state index contributed by atoms with van der Waals surface area (Å²) in [5, 5.41) is 0. The second kappa shape index (κ2) is 6.06. The summed E-state index contributed by atoms with van der Waals surface area (Å²) in [4.78, 5) is 18.2. The number of nitrogens with one attached hydrogen (secondary N) is 2. The van der Waals surface area contributed by atoms with Crippen molar-refractivity contribution in [1.29, 1.82) is 0 Å². The molecule has 0 bridgehead atoms. The minimum absolute atomic E-state index is 0.0462. The van der Waals surface area contributed by atoms with Crippen LogP contribution in [0.4, 0.5) is 0 Å². The highest BCUT2D eigenvalue weighted by atomic mass is 32.2. The molecule has 0 radical (unpaired) electrons. The van der Waals surface area contributed by atoms with Gasteiger partial charge in [0, 0.05) is 11.9 Å². The fourth-order valence-electron chi connectivity index (χ4n) is 1.77. The zero-order valence-corrected chi connectivity index (χ0v) is 12.4. The molecule has 8 heteroatoms. The molecule has 0 aliphatic heterocycles. The third-order valence-corrected chi connectivity index (χ3v) is 4.45. The molecule has 0 saturated heterocycles.